The SMILES string of the molecule is CCNC(=NCC(=O)NCCc1ccccc1)N1CCN(c2nc(CC)ns2)CC1. The van der Waals surface area contributed by atoms with Crippen LogP contribution in [0.5, 0.6) is 0 Å². The molecule has 0 spiro atoms. The average Bonchev–Trinajstić information content (AvgIpc) is 3.27. The van der Waals surface area contributed by atoms with Crippen LogP contribution in [0.1, 0.15) is 25.2 Å². The number of carbonyl (C=O) groups excluding carboxylic acids is 1. The Hall–Kier alpha value is -2.68. The molecule has 1 amide bonds. The minimum absolute atomic E-state index is 0.0547. The van der Waals surface area contributed by atoms with Crippen molar-refractivity contribution in [1.82, 2.24) is 24.9 Å². The molecule has 30 heavy (non-hydrogen) atoms. The van der Waals surface area contributed by atoms with Gasteiger partial charge in [-0.1, -0.05) is 37.3 Å². The molecule has 1 aliphatic rings. The summed E-state index contributed by atoms with van der Waals surface area (Å²) < 4.78 is 4.38. The summed E-state index contributed by atoms with van der Waals surface area (Å²) in [5.74, 6) is 1.65. The second-order valence-electron chi connectivity index (χ2n) is 7.08. The molecule has 0 atom stereocenters. The van der Waals surface area contributed by atoms with E-state index >= 15 is 0 Å². The van der Waals surface area contributed by atoms with Crippen LogP contribution in [0.15, 0.2) is 35.3 Å². The van der Waals surface area contributed by atoms with Crippen LogP contribution in [0.25, 0.3) is 0 Å². The summed E-state index contributed by atoms with van der Waals surface area (Å²) in [5.41, 5.74) is 1.22. The molecule has 0 bridgehead atoms. The number of aryl methyl sites for hydroxylation is 1. The van der Waals surface area contributed by atoms with Crippen molar-refractivity contribution in [3.8, 4) is 0 Å². The molecule has 162 valence electrons. The second kappa shape index (κ2) is 11.5. The number of amides is 1. The fourth-order valence-corrected chi connectivity index (χ4v) is 4.05. The Balaban J connectivity index is 1.46. The lowest BCUT2D eigenvalue weighted by atomic mass is 10.1. The number of piperazine rings is 1. The van der Waals surface area contributed by atoms with Gasteiger partial charge in [-0.3, -0.25) is 4.79 Å². The molecule has 9 heteroatoms. The normalized spacial score (nSPS) is 14.7. The molecule has 1 aromatic heterocycles. The number of anilines is 1. The average molecular weight is 430 g/mol. The van der Waals surface area contributed by atoms with Gasteiger partial charge in [-0.25, -0.2) is 9.98 Å². The number of rotatable bonds is 8. The number of nitrogens with one attached hydrogen (secondary N) is 2. The van der Waals surface area contributed by atoms with E-state index in [0.29, 0.717) is 6.54 Å². The minimum atomic E-state index is -0.0547. The number of guanidine groups is 1. The minimum Gasteiger partial charge on any atom is -0.357 e. The van der Waals surface area contributed by atoms with Crippen LogP contribution >= 0.6 is 11.5 Å². The molecule has 0 saturated carbocycles. The molecule has 2 aromatic rings. The summed E-state index contributed by atoms with van der Waals surface area (Å²) >= 11 is 1.47. The molecule has 3 rings (SSSR count). The molecule has 8 nitrogen and oxygen atoms in total. The highest BCUT2D eigenvalue weighted by Gasteiger charge is 2.22. The molecule has 2 heterocycles. The van der Waals surface area contributed by atoms with Gasteiger partial charge in [0.15, 0.2) is 5.96 Å². The van der Waals surface area contributed by atoms with Gasteiger partial charge in [-0.15, -0.1) is 0 Å². The lowest BCUT2D eigenvalue weighted by Gasteiger charge is -2.36. The fourth-order valence-electron chi connectivity index (χ4n) is 3.25. The molecular formula is C21H31N7OS. The maximum atomic E-state index is 12.2. The van der Waals surface area contributed by atoms with Crippen molar-refractivity contribution in [3.63, 3.8) is 0 Å². The Morgan fingerprint density at radius 1 is 1.13 bits per heavy atom. The first kappa shape index (κ1) is 22.0. The van der Waals surface area contributed by atoms with E-state index in [9.17, 15) is 4.79 Å². The maximum absolute atomic E-state index is 12.2. The topological polar surface area (TPSA) is 85.8 Å². The highest BCUT2D eigenvalue weighted by atomic mass is 32.1. The van der Waals surface area contributed by atoms with E-state index in [1.807, 2.05) is 25.1 Å². The van der Waals surface area contributed by atoms with Crippen molar-refractivity contribution in [2.75, 3.05) is 50.7 Å². The van der Waals surface area contributed by atoms with Gasteiger partial charge in [0.1, 0.15) is 12.4 Å². The van der Waals surface area contributed by atoms with Crippen LogP contribution in [0.2, 0.25) is 0 Å². The van der Waals surface area contributed by atoms with Gasteiger partial charge in [0.25, 0.3) is 0 Å². The smallest absolute Gasteiger partial charge is 0.241 e. The van der Waals surface area contributed by atoms with E-state index in [4.69, 9.17) is 0 Å². The summed E-state index contributed by atoms with van der Waals surface area (Å²) in [7, 11) is 0. The molecular weight excluding hydrogens is 398 g/mol. The van der Waals surface area contributed by atoms with Crippen LogP contribution in [0, 0.1) is 0 Å². The van der Waals surface area contributed by atoms with Crippen LogP contribution in [-0.4, -0.2) is 71.9 Å². The first-order valence-electron chi connectivity index (χ1n) is 10.6. The monoisotopic (exact) mass is 429 g/mol. The van der Waals surface area contributed by atoms with Crippen LogP contribution in [-0.2, 0) is 17.6 Å². The third-order valence-electron chi connectivity index (χ3n) is 4.91. The van der Waals surface area contributed by atoms with E-state index in [0.717, 1.165) is 62.5 Å². The van der Waals surface area contributed by atoms with Crippen molar-refractivity contribution < 1.29 is 4.79 Å². The Morgan fingerprint density at radius 2 is 1.90 bits per heavy atom. The second-order valence-corrected chi connectivity index (χ2v) is 7.81. The van der Waals surface area contributed by atoms with Crippen molar-refractivity contribution in [2.24, 2.45) is 4.99 Å². The van der Waals surface area contributed by atoms with Gasteiger partial charge >= 0.3 is 0 Å². The summed E-state index contributed by atoms with van der Waals surface area (Å²) in [6.07, 6.45) is 1.69. The van der Waals surface area contributed by atoms with Crippen molar-refractivity contribution >= 4 is 28.5 Å². The molecule has 1 fully saturated rings. The quantitative estimate of drug-likeness (QED) is 0.489. The summed E-state index contributed by atoms with van der Waals surface area (Å²) in [6.45, 7) is 9.04. The Morgan fingerprint density at radius 3 is 2.57 bits per heavy atom. The molecule has 1 aromatic carbocycles. The zero-order chi connectivity index (χ0) is 21.2. The first-order chi connectivity index (χ1) is 14.7. The zero-order valence-corrected chi connectivity index (χ0v) is 18.6. The molecule has 1 aliphatic heterocycles. The number of hydrogen-bond acceptors (Lipinski definition) is 6. The Kier molecular flexibility index (Phi) is 8.43. The number of nitrogens with zero attached hydrogens (tertiary/aromatic N) is 5. The van der Waals surface area contributed by atoms with Crippen molar-refractivity contribution in [3.05, 3.63) is 41.7 Å². The summed E-state index contributed by atoms with van der Waals surface area (Å²) in [4.78, 5) is 25.8. The molecule has 0 aliphatic carbocycles. The van der Waals surface area contributed by atoms with E-state index in [1.54, 1.807) is 0 Å². The molecule has 2 N–H and O–H groups in total. The molecule has 1 saturated heterocycles. The molecule has 0 unspecified atom stereocenters. The van der Waals surface area contributed by atoms with Gasteiger partial charge in [0.2, 0.25) is 11.0 Å². The standard InChI is InChI=1S/C21H31N7OS/c1-3-18-25-21(30-26-18)28-14-12-27(13-15-28)20(22-4-2)24-16-19(29)23-11-10-17-8-6-5-7-9-17/h5-9H,3-4,10-16H2,1-2H3,(H,22,24)(H,23,29). The van der Waals surface area contributed by atoms with Crippen LogP contribution in [0.3, 0.4) is 0 Å². The highest BCUT2D eigenvalue weighted by Crippen LogP contribution is 2.19. The third kappa shape index (κ3) is 6.41. The van der Waals surface area contributed by atoms with E-state index < -0.39 is 0 Å². The Bertz CT molecular complexity index is 816. The molecule has 0 radical (unpaired) electrons. The predicted octanol–water partition coefficient (Wildman–Crippen LogP) is 1.55. The van der Waals surface area contributed by atoms with Crippen molar-refractivity contribution in [1.29, 1.82) is 0 Å². The van der Waals surface area contributed by atoms with Gasteiger partial charge < -0.3 is 20.4 Å². The van der Waals surface area contributed by atoms with Crippen molar-refractivity contribution in [2.45, 2.75) is 26.7 Å². The number of benzene rings is 1. The van der Waals surface area contributed by atoms with E-state index in [-0.39, 0.29) is 12.5 Å². The lowest BCUT2D eigenvalue weighted by molar-refractivity contribution is -0.119. The number of aliphatic imine (C=N–C) groups is 1. The fraction of sp³-hybridized carbons (Fsp3) is 0.524. The van der Waals surface area contributed by atoms with Crippen LogP contribution in [0.4, 0.5) is 5.13 Å². The zero-order valence-electron chi connectivity index (χ0n) is 17.8. The van der Waals surface area contributed by atoms with Gasteiger partial charge in [-0.05, 0) is 18.9 Å². The summed E-state index contributed by atoms with van der Waals surface area (Å²) in [5, 5.41) is 7.25. The number of carbonyl (C=O) groups is 1. The number of hydrogen-bond donors (Lipinski definition) is 2. The maximum Gasteiger partial charge on any atom is 0.241 e. The summed E-state index contributed by atoms with van der Waals surface area (Å²) in [6, 6.07) is 10.2. The van der Waals surface area contributed by atoms with E-state index in [1.165, 1.54) is 17.1 Å². The Labute approximate surface area is 182 Å². The lowest BCUT2D eigenvalue weighted by Crippen LogP contribution is -2.52. The van der Waals surface area contributed by atoms with Gasteiger partial charge in [0.05, 0.1) is 0 Å². The van der Waals surface area contributed by atoms with Crippen LogP contribution < -0.4 is 15.5 Å². The largest absolute Gasteiger partial charge is 0.357 e. The highest BCUT2D eigenvalue weighted by molar-refractivity contribution is 7.09. The van der Waals surface area contributed by atoms with Gasteiger partial charge in [-0.2, -0.15) is 4.37 Å². The third-order valence-corrected chi connectivity index (χ3v) is 5.72. The van der Waals surface area contributed by atoms with Gasteiger partial charge in [0, 0.05) is 57.2 Å². The number of aromatic nitrogens is 2. The predicted molar refractivity (Wildman–Crippen MR) is 122 cm³/mol. The van der Waals surface area contributed by atoms with E-state index in [2.05, 4.69) is 53.8 Å². The first-order valence-corrected chi connectivity index (χ1v) is 11.4.